The van der Waals surface area contributed by atoms with E-state index in [0.29, 0.717) is 53.7 Å². The zero-order valence-electron chi connectivity index (χ0n) is 21.4. The minimum absolute atomic E-state index is 0.211. The summed E-state index contributed by atoms with van der Waals surface area (Å²) in [7, 11) is 1.66. The van der Waals surface area contributed by atoms with E-state index in [-0.39, 0.29) is 29.6 Å². The Balaban J connectivity index is 1.37. The van der Waals surface area contributed by atoms with Crippen molar-refractivity contribution in [2.24, 2.45) is 11.2 Å². The summed E-state index contributed by atoms with van der Waals surface area (Å²) in [6.45, 7) is 7.90. The lowest BCUT2D eigenvalue weighted by atomic mass is 9.87. The highest BCUT2D eigenvalue weighted by molar-refractivity contribution is 6.30. The van der Waals surface area contributed by atoms with Crippen LogP contribution >= 0.6 is 11.6 Å². The predicted molar refractivity (Wildman–Crippen MR) is 133 cm³/mol. The summed E-state index contributed by atoms with van der Waals surface area (Å²) in [5, 5.41) is 17.9. The highest BCUT2D eigenvalue weighted by atomic mass is 35.5. The Morgan fingerprint density at radius 1 is 1.22 bits per heavy atom. The highest BCUT2D eigenvalue weighted by Gasteiger charge is 2.34. The number of aromatic nitrogens is 1. The van der Waals surface area contributed by atoms with Gasteiger partial charge in [-0.1, -0.05) is 23.7 Å². The maximum absolute atomic E-state index is 13.0. The van der Waals surface area contributed by atoms with Crippen LogP contribution in [0, 0.1) is 18.0 Å². The first-order chi connectivity index (χ1) is 17.0. The number of carbonyl (C=O) groups excluding carboxylic acids is 1. The Morgan fingerprint density at radius 3 is 2.53 bits per heavy atom. The number of pyridine rings is 1. The lowest BCUT2D eigenvalue weighted by Crippen LogP contribution is -2.42. The van der Waals surface area contributed by atoms with E-state index in [4.69, 9.17) is 25.9 Å². The topological polar surface area (TPSA) is 99.3 Å². The van der Waals surface area contributed by atoms with Crippen LogP contribution in [0.5, 0.6) is 5.75 Å². The van der Waals surface area contributed by atoms with Gasteiger partial charge in [0.2, 0.25) is 5.28 Å². The zero-order chi connectivity index (χ0) is 26.0. The quantitative estimate of drug-likeness (QED) is 0.211. The van der Waals surface area contributed by atoms with Gasteiger partial charge in [-0.15, -0.1) is 5.01 Å². The van der Waals surface area contributed by atoms with Crippen LogP contribution < -0.4 is 4.74 Å². The molecule has 10 heteroatoms. The molecule has 1 aliphatic carbocycles. The van der Waals surface area contributed by atoms with Crippen LogP contribution in [-0.4, -0.2) is 39.6 Å². The first kappa shape index (κ1) is 26.2. The van der Waals surface area contributed by atoms with Crippen molar-refractivity contribution >= 4 is 17.6 Å². The number of aryl methyl sites for hydroxylation is 1. The molecule has 1 aliphatic heterocycles. The van der Waals surface area contributed by atoms with Gasteiger partial charge in [-0.2, -0.15) is 0 Å². The molecule has 2 aromatic rings. The predicted octanol–water partition coefficient (Wildman–Crippen LogP) is 5.67. The van der Waals surface area contributed by atoms with Crippen LogP contribution in [0.1, 0.15) is 74.9 Å². The molecule has 36 heavy (non-hydrogen) atoms. The normalized spacial score (nSPS) is 22.2. The monoisotopic (exact) mass is 516 g/mol. The van der Waals surface area contributed by atoms with Gasteiger partial charge in [-0.25, -0.2) is 0 Å². The van der Waals surface area contributed by atoms with Crippen LogP contribution in [0.4, 0.5) is 0 Å². The second kappa shape index (κ2) is 10.6. The second-order valence-electron chi connectivity index (χ2n) is 10.4. The van der Waals surface area contributed by atoms with E-state index < -0.39 is 0 Å². The number of hydrogen-bond acceptors (Lipinski definition) is 7. The third-order valence-corrected chi connectivity index (χ3v) is 7.15. The second-order valence-corrected chi connectivity index (χ2v) is 10.8. The summed E-state index contributed by atoms with van der Waals surface area (Å²) < 4.78 is 11.9. The van der Waals surface area contributed by atoms with Crippen LogP contribution in [0.25, 0.3) is 0 Å². The molecular formula is C26H33ClN4O5. The molecule has 0 unspecified atom stereocenters. The first-order valence-electron chi connectivity index (χ1n) is 12.2. The minimum atomic E-state index is -0.374. The van der Waals surface area contributed by atoms with Crippen molar-refractivity contribution in [1.82, 2.24) is 9.99 Å². The lowest BCUT2D eigenvalue weighted by Gasteiger charge is -2.28. The Kier molecular flexibility index (Phi) is 7.70. The van der Waals surface area contributed by atoms with E-state index in [1.807, 2.05) is 52.0 Å². The number of benzene rings is 1. The van der Waals surface area contributed by atoms with Gasteiger partial charge in [0.05, 0.1) is 35.8 Å². The zero-order valence-corrected chi connectivity index (χ0v) is 22.1. The van der Waals surface area contributed by atoms with E-state index >= 15 is 0 Å². The van der Waals surface area contributed by atoms with Crippen molar-refractivity contribution in [1.29, 1.82) is 0 Å². The summed E-state index contributed by atoms with van der Waals surface area (Å²) in [6.07, 6.45) is 3.71. The van der Waals surface area contributed by atoms with Gasteiger partial charge in [0, 0.05) is 22.3 Å². The van der Waals surface area contributed by atoms with Crippen molar-refractivity contribution in [2.75, 3.05) is 7.05 Å². The number of hydrogen-bond donors (Lipinski definition) is 0. The molecule has 0 spiro atoms. The highest BCUT2D eigenvalue weighted by Crippen LogP contribution is 2.41. The molecular weight excluding hydrogens is 484 g/mol. The molecule has 1 aromatic heterocycles. The van der Waals surface area contributed by atoms with Gasteiger partial charge < -0.3 is 19.5 Å². The molecule has 0 saturated heterocycles. The number of fused-ring (bicyclic) bond motifs is 1. The summed E-state index contributed by atoms with van der Waals surface area (Å²) in [5.74, 6) is -0.0545. The number of carbonyl (C=O) groups is 1. The van der Waals surface area contributed by atoms with Crippen molar-refractivity contribution in [3.05, 3.63) is 63.1 Å². The molecule has 0 radical (unpaired) electrons. The van der Waals surface area contributed by atoms with Crippen molar-refractivity contribution in [3.63, 3.8) is 0 Å². The largest absolute Gasteiger partial charge is 0.569 e. The summed E-state index contributed by atoms with van der Waals surface area (Å²) in [6, 6.07) is 7.50. The number of ether oxygens (including phenoxy) is 2. The molecule has 4 rings (SSSR count). The molecule has 1 fully saturated rings. The molecule has 0 N–H and O–H groups in total. The Labute approximate surface area is 216 Å². The molecule has 194 valence electrons. The molecule has 2 heterocycles. The molecule has 1 atom stereocenters. The maximum atomic E-state index is 13.0. The van der Waals surface area contributed by atoms with Crippen molar-refractivity contribution in [3.8, 4) is 5.75 Å². The van der Waals surface area contributed by atoms with E-state index in [2.05, 4.69) is 10.3 Å². The average Bonchev–Trinajstić information content (AvgIpc) is 3.28. The van der Waals surface area contributed by atoms with Gasteiger partial charge in [0.15, 0.2) is 5.75 Å². The lowest BCUT2D eigenvalue weighted by molar-refractivity contribution is -0.720. The first-order valence-corrected chi connectivity index (χ1v) is 12.6. The summed E-state index contributed by atoms with van der Waals surface area (Å²) in [5.41, 5.74) is 2.99. The standard InChI is InChI=1S/C26H33ClN4O5/c1-16-23(22-15-34-24(21(22)14-28-16)17-6-10-19(27)11-7-17)35-25(32)18-8-12-20(13-9-18)36-29-31(33)30(5)26(2,3)4/h6-7,10-11,14,18,20,24H,8-9,12-13,15H2,1-5H3/t18-,20+,24-/m0/s1. The van der Waals surface area contributed by atoms with E-state index in [9.17, 15) is 10.0 Å². The van der Waals surface area contributed by atoms with Gasteiger partial charge in [-0.3, -0.25) is 9.78 Å². The molecule has 0 bridgehead atoms. The molecule has 1 aromatic carbocycles. The van der Waals surface area contributed by atoms with Crippen LogP contribution in [0.15, 0.2) is 35.7 Å². The fourth-order valence-corrected chi connectivity index (χ4v) is 4.46. The number of hydrazine groups is 1. The number of esters is 1. The Bertz CT molecular complexity index is 1120. The van der Waals surface area contributed by atoms with Gasteiger partial charge >= 0.3 is 5.97 Å². The smallest absolute Gasteiger partial charge is 0.314 e. The van der Waals surface area contributed by atoms with E-state index in [0.717, 1.165) is 16.7 Å². The third-order valence-electron chi connectivity index (χ3n) is 6.90. The van der Waals surface area contributed by atoms with Crippen LogP contribution in [0.3, 0.4) is 0 Å². The molecule has 2 aliphatic rings. The third kappa shape index (κ3) is 5.73. The maximum Gasteiger partial charge on any atom is 0.314 e. The van der Waals surface area contributed by atoms with Gasteiger partial charge in [0.25, 0.3) is 0 Å². The molecule has 9 nitrogen and oxygen atoms in total. The van der Waals surface area contributed by atoms with E-state index in [1.165, 1.54) is 5.01 Å². The molecule has 1 saturated carbocycles. The summed E-state index contributed by atoms with van der Waals surface area (Å²) in [4.78, 5) is 23.4. The van der Waals surface area contributed by atoms with Gasteiger partial charge in [-0.05, 0) is 71.1 Å². The molecule has 0 amide bonds. The van der Waals surface area contributed by atoms with Crippen molar-refractivity contribution < 1.29 is 24.1 Å². The Morgan fingerprint density at radius 2 is 1.89 bits per heavy atom. The Hall–Kier alpha value is -2.91. The van der Waals surface area contributed by atoms with Crippen LogP contribution in [-0.2, 0) is 21.0 Å². The average molecular weight is 517 g/mol. The van der Waals surface area contributed by atoms with Crippen LogP contribution in [0.2, 0.25) is 5.02 Å². The summed E-state index contributed by atoms with van der Waals surface area (Å²) >= 11 is 6.02. The number of nitrogens with zero attached hydrogens (tertiary/aromatic N) is 4. The van der Waals surface area contributed by atoms with Crippen molar-refractivity contribution in [2.45, 2.75) is 77.7 Å². The fourth-order valence-electron chi connectivity index (χ4n) is 4.34. The van der Waals surface area contributed by atoms with Gasteiger partial charge in [0.1, 0.15) is 12.2 Å². The minimum Gasteiger partial charge on any atom is -0.569 e. The SMILES string of the molecule is Cc1ncc2c(c1OC(=O)[C@H]1CC[C@@H](ON=[N+]([O-])N(C)C(C)(C)C)CC1)CO[C@H]2c1ccc(Cl)cc1. The fraction of sp³-hybridized carbons (Fsp3) is 0.538. The number of halogens is 1. The number of rotatable bonds is 6. The van der Waals surface area contributed by atoms with E-state index in [1.54, 1.807) is 13.2 Å².